The predicted octanol–water partition coefficient (Wildman–Crippen LogP) is 1.97. The molecule has 0 aromatic heterocycles. The van der Waals surface area contributed by atoms with E-state index in [9.17, 15) is 14.4 Å². The Morgan fingerprint density at radius 3 is 2.73 bits per heavy atom. The fourth-order valence-corrected chi connectivity index (χ4v) is 4.56. The monoisotopic (exact) mass is 405 g/mol. The van der Waals surface area contributed by atoms with Crippen LogP contribution in [0.5, 0.6) is 5.75 Å². The van der Waals surface area contributed by atoms with Crippen molar-refractivity contribution in [2.75, 3.05) is 7.05 Å². The minimum atomic E-state index is -0.621. The van der Waals surface area contributed by atoms with Crippen LogP contribution in [-0.4, -0.2) is 40.6 Å². The SMILES string of the molecule is CN1Cc2ccc(COc3cccc4c3CN(C3CCC(=O)NC3=O)C4=O)cc2C1. The Morgan fingerprint density at radius 2 is 1.90 bits per heavy atom. The first-order valence-electron chi connectivity index (χ1n) is 10.2. The van der Waals surface area contributed by atoms with Crippen molar-refractivity contribution in [3.8, 4) is 5.75 Å². The molecule has 7 nitrogen and oxygen atoms in total. The summed E-state index contributed by atoms with van der Waals surface area (Å²) in [6.07, 6.45) is 0.595. The van der Waals surface area contributed by atoms with Crippen molar-refractivity contribution in [2.24, 2.45) is 0 Å². The fraction of sp³-hybridized carbons (Fsp3) is 0.348. The first kappa shape index (κ1) is 18.8. The zero-order chi connectivity index (χ0) is 20.8. The molecule has 30 heavy (non-hydrogen) atoms. The van der Waals surface area contributed by atoms with Gasteiger partial charge in [0.15, 0.2) is 0 Å². The smallest absolute Gasteiger partial charge is 0.255 e. The van der Waals surface area contributed by atoms with E-state index in [1.807, 2.05) is 6.07 Å². The minimum absolute atomic E-state index is 0.189. The van der Waals surface area contributed by atoms with E-state index >= 15 is 0 Å². The zero-order valence-corrected chi connectivity index (χ0v) is 16.8. The van der Waals surface area contributed by atoms with Crippen LogP contribution in [0.1, 0.15) is 45.5 Å². The van der Waals surface area contributed by atoms with Gasteiger partial charge in [0.05, 0.1) is 6.54 Å². The zero-order valence-electron chi connectivity index (χ0n) is 16.8. The Balaban J connectivity index is 1.33. The number of fused-ring (bicyclic) bond motifs is 2. The second-order valence-corrected chi connectivity index (χ2v) is 8.25. The molecule has 0 radical (unpaired) electrons. The van der Waals surface area contributed by atoms with E-state index in [2.05, 4.69) is 35.5 Å². The maximum absolute atomic E-state index is 12.9. The van der Waals surface area contributed by atoms with Crippen molar-refractivity contribution >= 4 is 17.7 Å². The molecule has 1 N–H and O–H groups in total. The van der Waals surface area contributed by atoms with Gasteiger partial charge in [0.1, 0.15) is 18.4 Å². The number of carbonyl (C=O) groups is 3. The Kier molecular flexibility index (Phi) is 4.55. The van der Waals surface area contributed by atoms with Crippen LogP contribution in [0.3, 0.4) is 0 Å². The molecule has 7 heteroatoms. The van der Waals surface area contributed by atoms with Crippen LogP contribution >= 0.6 is 0 Å². The highest BCUT2D eigenvalue weighted by molar-refractivity contribution is 6.05. The van der Waals surface area contributed by atoms with E-state index in [-0.39, 0.29) is 18.2 Å². The molecule has 1 unspecified atom stereocenters. The third-order valence-corrected chi connectivity index (χ3v) is 6.08. The van der Waals surface area contributed by atoms with Gasteiger partial charge in [-0.05, 0) is 42.3 Å². The molecule has 2 aromatic carbocycles. The van der Waals surface area contributed by atoms with Gasteiger partial charge in [-0.1, -0.05) is 24.3 Å². The molecule has 0 spiro atoms. The van der Waals surface area contributed by atoms with Crippen LogP contribution in [0, 0.1) is 0 Å². The number of hydrogen-bond acceptors (Lipinski definition) is 5. The molecule has 5 rings (SSSR count). The van der Waals surface area contributed by atoms with Gasteiger partial charge in [-0.25, -0.2) is 0 Å². The van der Waals surface area contributed by atoms with Gasteiger partial charge in [-0.2, -0.15) is 0 Å². The summed E-state index contributed by atoms with van der Waals surface area (Å²) in [4.78, 5) is 40.4. The average molecular weight is 405 g/mol. The molecule has 3 amide bonds. The van der Waals surface area contributed by atoms with Gasteiger partial charge in [-0.15, -0.1) is 0 Å². The van der Waals surface area contributed by atoms with E-state index in [1.165, 1.54) is 11.1 Å². The van der Waals surface area contributed by atoms with Crippen LogP contribution in [0.4, 0.5) is 0 Å². The lowest BCUT2D eigenvalue weighted by atomic mass is 10.0. The van der Waals surface area contributed by atoms with E-state index in [1.54, 1.807) is 17.0 Å². The van der Waals surface area contributed by atoms with Crippen LogP contribution in [0.15, 0.2) is 36.4 Å². The molecule has 0 aliphatic carbocycles. The lowest BCUT2D eigenvalue weighted by Crippen LogP contribution is -2.52. The lowest BCUT2D eigenvalue weighted by molar-refractivity contribution is -0.136. The average Bonchev–Trinajstić information content (AvgIpc) is 3.25. The number of ether oxygens (including phenoxy) is 1. The van der Waals surface area contributed by atoms with Crippen LogP contribution in [0.2, 0.25) is 0 Å². The number of amides is 3. The number of rotatable bonds is 4. The molecule has 0 saturated carbocycles. The van der Waals surface area contributed by atoms with Crippen LogP contribution in [-0.2, 0) is 35.8 Å². The number of nitrogens with zero attached hydrogens (tertiary/aromatic N) is 2. The maximum atomic E-state index is 12.9. The second-order valence-electron chi connectivity index (χ2n) is 8.25. The summed E-state index contributed by atoms with van der Waals surface area (Å²) in [6.45, 7) is 2.64. The van der Waals surface area contributed by atoms with Crippen molar-refractivity contribution in [3.63, 3.8) is 0 Å². The summed E-state index contributed by atoms with van der Waals surface area (Å²) in [6, 6.07) is 11.2. The van der Waals surface area contributed by atoms with Gasteiger partial charge in [0.2, 0.25) is 11.8 Å². The molecular weight excluding hydrogens is 382 g/mol. The van der Waals surface area contributed by atoms with Crippen molar-refractivity contribution in [1.82, 2.24) is 15.1 Å². The topological polar surface area (TPSA) is 79.0 Å². The highest BCUT2D eigenvalue weighted by Crippen LogP contribution is 2.34. The summed E-state index contributed by atoms with van der Waals surface area (Å²) in [7, 11) is 2.11. The number of hydrogen-bond donors (Lipinski definition) is 1. The molecule has 2 aromatic rings. The third-order valence-electron chi connectivity index (χ3n) is 6.08. The Morgan fingerprint density at radius 1 is 1.07 bits per heavy atom. The summed E-state index contributed by atoms with van der Waals surface area (Å²) >= 11 is 0. The first-order chi connectivity index (χ1) is 14.5. The third kappa shape index (κ3) is 3.25. The molecule has 154 valence electrons. The molecular formula is C23H23N3O4. The Labute approximate surface area is 174 Å². The molecule has 3 heterocycles. The first-order valence-corrected chi connectivity index (χ1v) is 10.2. The second kappa shape index (κ2) is 7.25. The molecule has 3 aliphatic heterocycles. The number of imide groups is 1. The number of benzene rings is 2. The van der Waals surface area contributed by atoms with E-state index in [4.69, 9.17) is 4.74 Å². The van der Waals surface area contributed by atoms with E-state index in [0.29, 0.717) is 30.9 Å². The number of nitrogens with one attached hydrogen (secondary N) is 1. The molecule has 1 fully saturated rings. The van der Waals surface area contributed by atoms with E-state index in [0.717, 1.165) is 24.2 Å². The van der Waals surface area contributed by atoms with Gasteiger partial charge in [0, 0.05) is 30.6 Å². The predicted molar refractivity (Wildman–Crippen MR) is 108 cm³/mol. The Hall–Kier alpha value is -3.19. The summed E-state index contributed by atoms with van der Waals surface area (Å²) in [5, 5.41) is 2.33. The minimum Gasteiger partial charge on any atom is -0.489 e. The Bertz CT molecular complexity index is 1060. The number of carbonyl (C=O) groups excluding carboxylic acids is 3. The van der Waals surface area contributed by atoms with Crippen molar-refractivity contribution in [1.29, 1.82) is 0 Å². The normalized spacial score (nSPS) is 20.9. The number of piperidine rings is 1. The van der Waals surface area contributed by atoms with Crippen molar-refractivity contribution in [3.05, 3.63) is 64.2 Å². The summed E-state index contributed by atoms with van der Waals surface area (Å²) < 4.78 is 6.10. The quantitative estimate of drug-likeness (QED) is 0.787. The standard InChI is InChI=1S/C23H23N3O4/c1-25-10-15-6-5-14(9-16(15)11-25)13-30-20-4-2-3-17-18(20)12-26(23(17)29)19-7-8-21(27)24-22(19)28/h2-6,9,19H,7-8,10-13H2,1H3,(H,24,27,28). The highest BCUT2D eigenvalue weighted by atomic mass is 16.5. The van der Waals surface area contributed by atoms with Crippen molar-refractivity contribution < 1.29 is 19.1 Å². The summed E-state index contributed by atoms with van der Waals surface area (Å²) in [5.41, 5.74) is 5.14. The fourth-order valence-electron chi connectivity index (χ4n) is 4.56. The van der Waals surface area contributed by atoms with Crippen molar-refractivity contribution in [2.45, 2.75) is 45.1 Å². The largest absolute Gasteiger partial charge is 0.489 e. The van der Waals surface area contributed by atoms with Gasteiger partial charge in [0.25, 0.3) is 5.91 Å². The van der Waals surface area contributed by atoms with Gasteiger partial charge >= 0.3 is 0 Å². The molecule has 0 bridgehead atoms. The maximum Gasteiger partial charge on any atom is 0.255 e. The van der Waals surface area contributed by atoms with Crippen LogP contribution in [0.25, 0.3) is 0 Å². The van der Waals surface area contributed by atoms with E-state index < -0.39 is 11.9 Å². The molecule has 1 saturated heterocycles. The highest BCUT2D eigenvalue weighted by Gasteiger charge is 2.40. The summed E-state index contributed by atoms with van der Waals surface area (Å²) in [5.74, 6) is -0.221. The van der Waals surface area contributed by atoms with Gasteiger partial charge in [-0.3, -0.25) is 24.6 Å². The lowest BCUT2D eigenvalue weighted by Gasteiger charge is -2.29. The molecule has 1 atom stereocenters. The van der Waals surface area contributed by atoms with Gasteiger partial charge < -0.3 is 9.64 Å². The van der Waals surface area contributed by atoms with Crippen LogP contribution < -0.4 is 10.1 Å². The molecule has 3 aliphatic rings.